The van der Waals surface area contributed by atoms with E-state index in [0.29, 0.717) is 5.56 Å². The third-order valence-electron chi connectivity index (χ3n) is 2.53. The lowest BCUT2D eigenvalue weighted by atomic mass is 10.2. The van der Waals surface area contributed by atoms with Gasteiger partial charge in [0.2, 0.25) is 0 Å². The Hall–Kier alpha value is -1.40. The van der Waals surface area contributed by atoms with Gasteiger partial charge in [0.05, 0.1) is 23.3 Å². The summed E-state index contributed by atoms with van der Waals surface area (Å²) in [6.45, 7) is 0. The van der Waals surface area contributed by atoms with E-state index in [2.05, 4.69) is 34.6 Å². The number of nitriles is 2. The molecule has 0 aliphatic carbocycles. The van der Waals surface area contributed by atoms with Crippen LogP contribution in [0.15, 0.2) is 58.3 Å². The highest BCUT2D eigenvalue weighted by Gasteiger charge is 1.94. The molecule has 112 valence electrons. The van der Waals surface area contributed by atoms with Crippen LogP contribution in [0.2, 0.25) is 0 Å². The molecule has 0 aromatic heterocycles. The summed E-state index contributed by atoms with van der Waals surface area (Å²) in [5.74, 6) is 1.12. The predicted octanol–water partition coefficient (Wildman–Crippen LogP) is 5.28. The molecule has 2 rings (SSSR count). The van der Waals surface area contributed by atoms with Crippen molar-refractivity contribution in [1.82, 2.24) is 0 Å². The van der Waals surface area contributed by atoms with Crippen LogP contribution in [0, 0.1) is 22.7 Å². The van der Waals surface area contributed by atoms with Crippen molar-refractivity contribution in [3.8, 4) is 12.1 Å². The van der Waals surface area contributed by atoms with E-state index < -0.39 is 0 Å². The maximum atomic E-state index is 8.58. The summed E-state index contributed by atoms with van der Waals surface area (Å²) in [6, 6.07) is 18.9. The quantitative estimate of drug-likeness (QED) is 0.334. The SMILES string of the molecule is N#Cc1ccc(S)cc1.N#Cc1ccc(SCCCBr)cc1. The number of thioether (sulfide) groups is 1. The standard InChI is InChI=1S/C10H10BrNS.C7H5NS/c11-6-1-7-13-10-4-2-9(8-12)3-5-10;8-5-6-1-3-7(9)4-2-6/h2-5H,1,6-7H2;1-4,9H. The van der Waals surface area contributed by atoms with Crippen LogP contribution >= 0.6 is 40.3 Å². The molecular formula is C17H15BrN2S2. The second-order valence-corrected chi connectivity index (χ2v) is 6.66. The second kappa shape index (κ2) is 11.2. The van der Waals surface area contributed by atoms with Crippen molar-refractivity contribution in [2.24, 2.45) is 0 Å². The Labute approximate surface area is 149 Å². The van der Waals surface area contributed by atoms with Gasteiger partial charge in [-0.15, -0.1) is 24.4 Å². The first-order valence-electron chi connectivity index (χ1n) is 6.57. The molecule has 0 radical (unpaired) electrons. The maximum absolute atomic E-state index is 8.58. The zero-order valence-electron chi connectivity index (χ0n) is 11.9. The first kappa shape index (κ1) is 18.6. The molecule has 0 heterocycles. The molecule has 0 atom stereocenters. The van der Waals surface area contributed by atoms with Crippen LogP contribution in [-0.2, 0) is 0 Å². The summed E-state index contributed by atoms with van der Waals surface area (Å²) < 4.78 is 0. The van der Waals surface area contributed by atoms with Crippen LogP contribution in [0.5, 0.6) is 0 Å². The lowest BCUT2D eigenvalue weighted by Gasteiger charge is -1.99. The third-order valence-corrected chi connectivity index (χ3v) is 4.48. The lowest BCUT2D eigenvalue weighted by Crippen LogP contribution is -1.80. The number of hydrogen-bond donors (Lipinski definition) is 1. The van der Waals surface area contributed by atoms with Crippen LogP contribution in [0.3, 0.4) is 0 Å². The van der Waals surface area contributed by atoms with E-state index in [-0.39, 0.29) is 0 Å². The number of hydrogen-bond acceptors (Lipinski definition) is 4. The number of rotatable bonds is 4. The van der Waals surface area contributed by atoms with Gasteiger partial charge in [0.25, 0.3) is 0 Å². The summed E-state index contributed by atoms with van der Waals surface area (Å²) in [4.78, 5) is 2.12. The van der Waals surface area contributed by atoms with Crippen LogP contribution in [0.1, 0.15) is 17.5 Å². The topological polar surface area (TPSA) is 47.6 Å². The molecular weight excluding hydrogens is 376 g/mol. The van der Waals surface area contributed by atoms with E-state index >= 15 is 0 Å². The van der Waals surface area contributed by atoms with Crippen LogP contribution in [0.4, 0.5) is 0 Å². The molecule has 0 bridgehead atoms. The van der Waals surface area contributed by atoms with Gasteiger partial charge in [0.1, 0.15) is 0 Å². The fourth-order valence-corrected chi connectivity index (χ4v) is 3.06. The van der Waals surface area contributed by atoms with Gasteiger partial charge >= 0.3 is 0 Å². The van der Waals surface area contributed by atoms with E-state index in [4.69, 9.17) is 10.5 Å². The van der Waals surface area contributed by atoms with Crippen molar-refractivity contribution < 1.29 is 0 Å². The summed E-state index contributed by atoms with van der Waals surface area (Å²) in [7, 11) is 0. The van der Waals surface area contributed by atoms with Gasteiger partial charge in [0, 0.05) is 15.1 Å². The van der Waals surface area contributed by atoms with Crippen molar-refractivity contribution in [3.05, 3.63) is 59.7 Å². The highest BCUT2D eigenvalue weighted by atomic mass is 79.9. The summed E-state index contributed by atoms with van der Waals surface area (Å²) in [5.41, 5.74) is 1.40. The van der Waals surface area contributed by atoms with Crippen LogP contribution in [0.25, 0.3) is 0 Å². The first-order valence-corrected chi connectivity index (χ1v) is 9.13. The minimum absolute atomic E-state index is 0.674. The molecule has 0 fully saturated rings. The summed E-state index contributed by atoms with van der Waals surface area (Å²) >= 11 is 9.28. The molecule has 0 unspecified atom stereocenters. The maximum Gasteiger partial charge on any atom is 0.0991 e. The van der Waals surface area contributed by atoms with E-state index in [9.17, 15) is 0 Å². The van der Waals surface area contributed by atoms with E-state index in [0.717, 1.165) is 21.5 Å². The van der Waals surface area contributed by atoms with Crippen LogP contribution < -0.4 is 0 Å². The third kappa shape index (κ3) is 7.56. The molecule has 0 N–H and O–H groups in total. The summed E-state index contributed by atoms with van der Waals surface area (Å²) in [6.07, 6.45) is 1.17. The Kier molecular flexibility index (Phi) is 9.50. The Balaban J connectivity index is 0.000000235. The molecule has 2 aromatic carbocycles. The van der Waals surface area contributed by atoms with Crippen molar-refractivity contribution in [3.63, 3.8) is 0 Å². The molecule has 0 spiro atoms. The zero-order valence-corrected chi connectivity index (χ0v) is 15.2. The van der Waals surface area contributed by atoms with Gasteiger partial charge in [-0.1, -0.05) is 15.9 Å². The number of thiol groups is 1. The normalized spacial score (nSPS) is 9.09. The lowest BCUT2D eigenvalue weighted by molar-refractivity contribution is 1.13. The average Bonchev–Trinajstić information content (AvgIpc) is 2.57. The fraction of sp³-hybridized carbons (Fsp3) is 0.176. The van der Waals surface area contributed by atoms with Gasteiger partial charge in [-0.2, -0.15) is 10.5 Å². The number of nitrogens with zero attached hydrogens (tertiary/aromatic N) is 2. The van der Waals surface area contributed by atoms with Gasteiger partial charge in [-0.3, -0.25) is 0 Å². The second-order valence-electron chi connectivity index (χ2n) is 4.19. The molecule has 0 amide bonds. The van der Waals surface area contributed by atoms with Crippen molar-refractivity contribution in [1.29, 1.82) is 10.5 Å². The largest absolute Gasteiger partial charge is 0.192 e. The Morgan fingerprint density at radius 3 is 1.86 bits per heavy atom. The van der Waals surface area contributed by atoms with Crippen molar-refractivity contribution in [2.45, 2.75) is 16.2 Å². The van der Waals surface area contributed by atoms with E-state index in [1.165, 1.54) is 11.3 Å². The highest BCUT2D eigenvalue weighted by Crippen LogP contribution is 2.19. The molecule has 5 heteroatoms. The van der Waals surface area contributed by atoms with Gasteiger partial charge in [-0.05, 0) is 60.7 Å². The summed E-state index contributed by atoms with van der Waals surface area (Å²) in [5, 5.41) is 18.0. The average molecular weight is 391 g/mol. The van der Waals surface area contributed by atoms with E-state index in [1.807, 2.05) is 42.1 Å². The minimum Gasteiger partial charge on any atom is -0.192 e. The van der Waals surface area contributed by atoms with Gasteiger partial charge in [-0.25, -0.2) is 0 Å². The molecule has 22 heavy (non-hydrogen) atoms. The first-order chi connectivity index (χ1) is 10.7. The number of benzene rings is 2. The van der Waals surface area contributed by atoms with Gasteiger partial charge in [0.15, 0.2) is 0 Å². The Morgan fingerprint density at radius 1 is 0.909 bits per heavy atom. The molecule has 0 saturated heterocycles. The van der Waals surface area contributed by atoms with Gasteiger partial charge < -0.3 is 0 Å². The molecule has 0 saturated carbocycles. The fourth-order valence-electron chi connectivity index (χ4n) is 1.41. The monoisotopic (exact) mass is 390 g/mol. The van der Waals surface area contributed by atoms with Crippen molar-refractivity contribution >= 4 is 40.3 Å². The molecule has 2 aromatic rings. The Morgan fingerprint density at radius 2 is 1.41 bits per heavy atom. The van der Waals surface area contributed by atoms with Crippen LogP contribution in [-0.4, -0.2) is 11.1 Å². The van der Waals surface area contributed by atoms with E-state index in [1.54, 1.807) is 24.3 Å². The molecule has 2 nitrogen and oxygen atoms in total. The number of halogens is 1. The molecule has 0 aliphatic rings. The highest BCUT2D eigenvalue weighted by molar-refractivity contribution is 9.09. The minimum atomic E-state index is 0.674. The number of alkyl halides is 1. The Bertz CT molecular complexity index is 640. The zero-order chi connectivity index (χ0) is 16.2. The smallest absolute Gasteiger partial charge is 0.0991 e. The van der Waals surface area contributed by atoms with Crippen molar-refractivity contribution in [2.75, 3.05) is 11.1 Å². The molecule has 0 aliphatic heterocycles. The predicted molar refractivity (Wildman–Crippen MR) is 98.7 cm³/mol.